The second-order valence-corrected chi connectivity index (χ2v) is 4.18. The van der Waals surface area contributed by atoms with Gasteiger partial charge in [0.25, 0.3) is 0 Å². The summed E-state index contributed by atoms with van der Waals surface area (Å²) >= 11 is 1.38. The van der Waals surface area contributed by atoms with E-state index in [-0.39, 0.29) is 5.82 Å². The predicted molar refractivity (Wildman–Crippen MR) is 58.8 cm³/mol. The minimum Gasteiger partial charge on any atom is -0.497 e. The molecule has 0 radical (unpaired) electrons. The molecule has 0 saturated carbocycles. The first-order valence-electron chi connectivity index (χ1n) is 4.46. The van der Waals surface area contributed by atoms with Crippen LogP contribution < -0.4 is 4.74 Å². The molecule has 4 heteroatoms. The van der Waals surface area contributed by atoms with Crippen molar-refractivity contribution in [1.29, 1.82) is 0 Å². The lowest BCUT2D eigenvalue weighted by molar-refractivity contribution is 0.414. The molecule has 78 valence electrons. The molecule has 0 aromatic carbocycles. The molecule has 2 nitrogen and oxygen atoms in total. The van der Waals surface area contributed by atoms with Gasteiger partial charge in [0.2, 0.25) is 0 Å². The maximum Gasteiger partial charge on any atom is 0.146 e. The monoisotopic (exact) mass is 223 g/mol. The summed E-state index contributed by atoms with van der Waals surface area (Å²) in [6, 6.07) is 3.46. The SMILES string of the molecule is COc1ccnc(-c2csc(C)c2F)c1. The molecule has 0 saturated heterocycles. The molecule has 0 aliphatic carbocycles. The van der Waals surface area contributed by atoms with E-state index in [1.165, 1.54) is 11.3 Å². The van der Waals surface area contributed by atoms with Crippen LogP contribution in [0.25, 0.3) is 11.3 Å². The van der Waals surface area contributed by atoms with Gasteiger partial charge in [0.15, 0.2) is 0 Å². The molecule has 0 aliphatic rings. The number of rotatable bonds is 2. The van der Waals surface area contributed by atoms with Crippen LogP contribution in [-0.2, 0) is 0 Å². The molecule has 0 fully saturated rings. The summed E-state index contributed by atoms with van der Waals surface area (Å²) in [5.74, 6) is 0.490. The highest BCUT2D eigenvalue weighted by Gasteiger charge is 2.11. The molecule has 0 spiro atoms. The Morgan fingerprint density at radius 1 is 1.47 bits per heavy atom. The van der Waals surface area contributed by atoms with Crippen LogP contribution in [-0.4, -0.2) is 12.1 Å². The van der Waals surface area contributed by atoms with Crippen LogP contribution in [0.2, 0.25) is 0 Å². The molecule has 2 heterocycles. The van der Waals surface area contributed by atoms with Crippen LogP contribution in [0.4, 0.5) is 4.39 Å². The molecular formula is C11H10FNOS. The highest BCUT2D eigenvalue weighted by molar-refractivity contribution is 7.10. The van der Waals surface area contributed by atoms with Gasteiger partial charge in [-0.1, -0.05) is 0 Å². The number of ether oxygens (including phenoxy) is 1. The van der Waals surface area contributed by atoms with Crippen molar-refractivity contribution in [1.82, 2.24) is 4.98 Å². The lowest BCUT2D eigenvalue weighted by Gasteiger charge is -2.01. The average molecular weight is 223 g/mol. The van der Waals surface area contributed by atoms with Crippen LogP contribution in [0.3, 0.4) is 0 Å². The van der Waals surface area contributed by atoms with E-state index in [9.17, 15) is 4.39 Å². The minimum absolute atomic E-state index is 0.194. The van der Waals surface area contributed by atoms with Crippen molar-refractivity contribution >= 4 is 11.3 Å². The van der Waals surface area contributed by atoms with Gasteiger partial charge >= 0.3 is 0 Å². The van der Waals surface area contributed by atoms with Crippen molar-refractivity contribution in [3.05, 3.63) is 34.4 Å². The van der Waals surface area contributed by atoms with Crippen molar-refractivity contribution < 1.29 is 9.13 Å². The number of aromatic nitrogens is 1. The Morgan fingerprint density at radius 3 is 2.87 bits per heavy atom. The van der Waals surface area contributed by atoms with Gasteiger partial charge in [-0.3, -0.25) is 4.98 Å². The summed E-state index contributed by atoms with van der Waals surface area (Å²) in [5, 5.41) is 1.77. The van der Waals surface area contributed by atoms with Crippen LogP contribution in [0, 0.1) is 12.7 Å². The van der Waals surface area contributed by atoms with Crippen molar-refractivity contribution in [2.24, 2.45) is 0 Å². The molecular weight excluding hydrogens is 213 g/mol. The van der Waals surface area contributed by atoms with Crippen LogP contribution >= 0.6 is 11.3 Å². The van der Waals surface area contributed by atoms with Crippen molar-refractivity contribution in [2.45, 2.75) is 6.92 Å². The van der Waals surface area contributed by atoms with Crippen LogP contribution in [0.5, 0.6) is 5.75 Å². The summed E-state index contributed by atoms with van der Waals surface area (Å²) in [7, 11) is 1.58. The van der Waals surface area contributed by atoms with Crippen LogP contribution in [0.1, 0.15) is 4.88 Å². The van der Waals surface area contributed by atoms with E-state index in [4.69, 9.17) is 4.74 Å². The summed E-state index contributed by atoms with van der Waals surface area (Å²) in [6.07, 6.45) is 1.61. The fourth-order valence-corrected chi connectivity index (χ4v) is 2.03. The zero-order valence-corrected chi connectivity index (χ0v) is 9.27. The number of aryl methyl sites for hydroxylation is 1. The molecule has 0 unspecified atom stereocenters. The van der Waals surface area contributed by atoms with Crippen molar-refractivity contribution in [3.8, 4) is 17.0 Å². The van der Waals surface area contributed by atoms with E-state index in [1.54, 1.807) is 37.7 Å². The predicted octanol–water partition coefficient (Wildman–Crippen LogP) is 3.27. The number of pyridine rings is 1. The van der Waals surface area contributed by atoms with Gasteiger partial charge in [-0.15, -0.1) is 11.3 Å². The van der Waals surface area contributed by atoms with E-state index >= 15 is 0 Å². The highest BCUT2D eigenvalue weighted by Crippen LogP contribution is 2.29. The summed E-state index contributed by atoms with van der Waals surface area (Å²) in [4.78, 5) is 4.79. The van der Waals surface area contributed by atoms with Gasteiger partial charge < -0.3 is 4.74 Å². The molecule has 0 bridgehead atoms. The second kappa shape index (κ2) is 3.98. The maximum atomic E-state index is 13.6. The fraction of sp³-hybridized carbons (Fsp3) is 0.182. The zero-order chi connectivity index (χ0) is 10.8. The standard InChI is InChI=1S/C11H10FNOS/c1-7-11(12)9(6-15-7)10-5-8(14-2)3-4-13-10/h3-6H,1-2H3. The number of thiophene rings is 1. The molecule has 0 amide bonds. The lowest BCUT2D eigenvalue weighted by atomic mass is 10.2. The number of hydrogen-bond acceptors (Lipinski definition) is 3. The molecule has 0 N–H and O–H groups in total. The van der Waals surface area contributed by atoms with Crippen molar-refractivity contribution in [3.63, 3.8) is 0 Å². The quantitative estimate of drug-likeness (QED) is 0.779. The smallest absolute Gasteiger partial charge is 0.146 e. The Balaban J connectivity index is 2.49. The van der Waals surface area contributed by atoms with Gasteiger partial charge in [0.05, 0.1) is 12.8 Å². The number of hydrogen-bond donors (Lipinski definition) is 0. The first kappa shape index (κ1) is 10.1. The largest absolute Gasteiger partial charge is 0.497 e. The van der Waals surface area contributed by atoms with Gasteiger partial charge in [0, 0.05) is 28.1 Å². The van der Waals surface area contributed by atoms with E-state index in [1.807, 2.05) is 0 Å². The van der Waals surface area contributed by atoms with E-state index in [0.717, 1.165) is 0 Å². The lowest BCUT2D eigenvalue weighted by Crippen LogP contribution is -1.87. The highest BCUT2D eigenvalue weighted by atomic mass is 32.1. The second-order valence-electron chi connectivity index (χ2n) is 3.10. The first-order valence-corrected chi connectivity index (χ1v) is 5.34. The molecule has 2 aromatic heterocycles. The maximum absolute atomic E-state index is 13.6. The third-order valence-corrected chi connectivity index (χ3v) is 3.03. The Bertz CT molecular complexity index is 481. The van der Waals surface area contributed by atoms with Crippen molar-refractivity contribution in [2.75, 3.05) is 7.11 Å². The summed E-state index contributed by atoms with van der Waals surface area (Å²) in [5.41, 5.74) is 1.15. The summed E-state index contributed by atoms with van der Waals surface area (Å²) < 4.78 is 18.7. The van der Waals surface area contributed by atoms with E-state index < -0.39 is 0 Å². The molecule has 2 aromatic rings. The Labute approximate surface area is 91.4 Å². The minimum atomic E-state index is -0.194. The number of halogens is 1. The molecule has 15 heavy (non-hydrogen) atoms. The zero-order valence-electron chi connectivity index (χ0n) is 8.45. The Morgan fingerprint density at radius 2 is 2.27 bits per heavy atom. The third-order valence-electron chi connectivity index (χ3n) is 2.14. The first-order chi connectivity index (χ1) is 7.22. The topological polar surface area (TPSA) is 22.1 Å². The van der Waals surface area contributed by atoms with Crippen LogP contribution in [0.15, 0.2) is 23.7 Å². The van der Waals surface area contributed by atoms with Gasteiger partial charge in [-0.2, -0.15) is 0 Å². The molecule has 0 atom stereocenters. The average Bonchev–Trinajstić information content (AvgIpc) is 2.60. The van der Waals surface area contributed by atoms with E-state index in [2.05, 4.69) is 4.98 Å². The molecule has 0 aliphatic heterocycles. The van der Waals surface area contributed by atoms with Gasteiger partial charge in [-0.25, -0.2) is 4.39 Å². The summed E-state index contributed by atoms with van der Waals surface area (Å²) in [6.45, 7) is 1.75. The van der Waals surface area contributed by atoms with E-state index in [0.29, 0.717) is 21.9 Å². The van der Waals surface area contributed by atoms with Gasteiger partial charge in [-0.05, 0) is 13.0 Å². The normalized spacial score (nSPS) is 10.3. The number of methoxy groups -OCH3 is 1. The Kier molecular flexibility index (Phi) is 2.68. The fourth-order valence-electron chi connectivity index (χ4n) is 1.30. The number of nitrogens with zero attached hydrogens (tertiary/aromatic N) is 1. The Hall–Kier alpha value is -1.42. The van der Waals surface area contributed by atoms with Gasteiger partial charge in [0.1, 0.15) is 11.6 Å². The molecule has 2 rings (SSSR count). The third kappa shape index (κ3) is 1.85.